The molecule has 1 fully saturated rings. The molecule has 0 radical (unpaired) electrons. The molecular formula is C16H24Cl2N2O. The maximum atomic E-state index is 12.0. The molecule has 21 heavy (non-hydrogen) atoms. The summed E-state index contributed by atoms with van der Waals surface area (Å²) in [4.78, 5) is 12.0. The number of hydrogen-bond donors (Lipinski definition) is 2. The van der Waals surface area contributed by atoms with Crippen LogP contribution in [-0.4, -0.2) is 19.0 Å². The lowest BCUT2D eigenvalue weighted by atomic mass is 9.85. The van der Waals surface area contributed by atoms with Crippen molar-refractivity contribution in [1.29, 1.82) is 0 Å². The second kappa shape index (κ2) is 9.29. The number of halogens is 2. The van der Waals surface area contributed by atoms with Crippen LogP contribution in [-0.2, 0) is 11.3 Å². The van der Waals surface area contributed by atoms with Crippen LogP contribution >= 0.6 is 24.0 Å². The lowest BCUT2D eigenvalue weighted by Crippen LogP contribution is -2.35. The van der Waals surface area contributed by atoms with E-state index >= 15 is 0 Å². The van der Waals surface area contributed by atoms with Crippen LogP contribution < -0.4 is 10.6 Å². The Morgan fingerprint density at radius 1 is 1.43 bits per heavy atom. The van der Waals surface area contributed by atoms with Gasteiger partial charge >= 0.3 is 0 Å². The molecule has 2 unspecified atom stereocenters. The van der Waals surface area contributed by atoms with Crippen molar-refractivity contribution in [2.24, 2.45) is 11.8 Å². The van der Waals surface area contributed by atoms with E-state index in [9.17, 15) is 4.79 Å². The molecule has 2 atom stereocenters. The average molecular weight is 331 g/mol. The molecule has 1 aromatic carbocycles. The second-order valence-electron chi connectivity index (χ2n) is 5.69. The van der Waals surface area contributed by atoms with Gasteiger partial charge in [0.1, 0.15) is 0 Å². The second-order valence-corrected chi connectivity index (χ2v) is 6.13. The largest absolute Gasteiger partial charge is 0.352 e. The van der Waals surface area contributed by atoms with Crippen molar-refractivity contribution in [2.75, 3.05) is 13.1 Å². The van der Waals surface area contributed by atoms with Crippen molar-refractivity contribution in [3.63, 3.8) is 0 Å². The average Bonchev–Trinajstić information content (AvgIpc) is 2.47. The normalized spacial score (nSPS) is 19.4. The predicted molar refractivity (Wildman–Crippen MR) is 89.9 cm³/mol. The van der Waals surface area contributed by atoms with Crippen molar-refractivity contribution in [1.82, 2.24) is 10.6 Å². The molecule has 1 aliphatic heterocycles. The van der Waals surface area contributed by atoms with Gasteiger partial charge in [0.2, 0.25) is 5.91 Å². The number of benzene rings is 1. The van der Waals surface area contributed by atoms with Gasteiger partial charge in [0.25, 0.3) is 0 Å². The fraction of sp³-hybridized carbons (Fsp3) is 0.562. The standard InChI is InChI=1S/C16H23ClN2O.ClH/c1-12(14-3-2-8-18-11-14)9-16(20)19-10-13-4-6-15(17)7-5-13;/h4-7,12,14,18H,2-3,8-11H2,1H3,(H,19,20);1H. The molecule has 0 aromatic heterocycles. The van der Waals surface area contributed by atoms with E-state index in [2.05, 4.69) is 17.6 Å². The number of nitrogens with one attached hydrogen (secondary N) is 2. The molecule has 118 valence electrons. The van der Waals surface area contributed by atoms with Crippen LogP contribution in [0.15, 0.2) is 24.3 Å². The summed E-state index contributed by atoms with van der Waals surface area (Å²) >= 11 is 5.84. The van der Waals surface area contributed by atoms with Crippen molar-refractivity contribution < 1.29 is 4.79 Å². The monoisotopic (exact) mass is 330 g/mol. The van der Waals surface area contributed by atoms with E-state index < -0.39 is 0 Å². The Hall–Kier alpha value is -0.770. The minimum atomic E-state index is 0. The minimum Gasteiger partial charge on any atom is -0.352 e. The number of hydrogen-bond acceptors (Lipinski definition) is 2. The SMILES string of the molecule is CC(CC(=O)NCc1ccc(Cl)cc1)C1CCCNC1.Cl. The molecule has 1 aromatic rings. The molecular weight excluding hydrogens is 307 g/mol. The van der Waals surface area contributed by atoms with Crippen LogP contribution in [0.3, 0.4) is 0 Å². The maximum absolute atomic E-state index is 12.0. The molecule has 0 aliphatic carbocycles. The highest BCUT2D eigenvalue weighted by molar-refractivity contribution is 6.30. The molecule has 0 bridgehead atoms. The third-order valence-electron chi connectivity index (χ3n) is 4.05. The van der Waals surface area contributed by atoms with Gasteiger partial charge < -0.3 is 10.6 Å². The number of piperidine rings is 1. The zero-order chi connectivity index (χ0) is 14.4. The van der Waals surface area contributed by atoms with Crippen LogP contribution in [0.1, 0.15) is 31.7 Å². The Balaban J connectivity index is 0.00000220. The van der Waals surface area contributed by atoms with E-state index in [0.29, 0.717) is 24.8 Å². The van der Waals surface area contributed by atoms with Crippen LogP contribution in [0.4, 0.5) is 0 Å². The molecule has 2 rings (SSSR count). The Morgan fingerprint density at radius 3 is 2.76 bits per heavy atom. The van der Waals surface area contributed by atoms with Gasteiger partial charge in [-0.05, 0) is 55.5 Å². The third-order valence-corrected chi connectivity index (χ3v) is 4.30. The lowest BCUT2D eigenvalue weighted by Gasteiger charge is -2.28. The summed E-state index contributed by atoms with van der Waals surface area (Å²) in [7, 11) is 0. The first-order chi connectivity index (χ1) is 9.65. The zero-order valence-electron chi connectivity index (χ0n) is 12.4. The van der Waals surface area contributed by atoms with Gasteiger partial charge in [-0.25, -0.2) is 0 Å². The predicted octanol–water partition coefficient (Wildman–Crippen LogP) is 3.40. The molecule has 2 N–H and O–H groups in total. The van der Waals surface area contributed by atoms with Gasteiger partial charge in [-0.15, -0.1) is 12.4 Å². The van der Waals surface area contributed by atoms with Gasteiger partial charge in [0.15, 0.2) is 0 Å². The molecule has 1 amide bonds. The van der Waals surface area contributed by atoms with Crippen molar-refractivity contribution in [3.8, 4) is 0 Å². The summed E-state index contributed by atoms with van der Waals surface area (Å²) in [6, 6.07) is 7.58. The van der Waals surface area contributed by atoms with Gasteiger partial charge in [-0.2, -0.15) is 0 Å². The van der Waals surface area contributed by atoms with E-state index in [-0.39, 0.29) is 18.3 Å². The number of carbonyl (C=O) groups is 1. The molecule has 1 aliphatic rings. The number of carbonyl (C=O) groups excluding carboxylic acids is 1. The van der Waals surface area contributed by atoms with E-state index in [4.69, 9.17) is 11.6 Å². The van der Waals surface area contributed by atoms with E-state index in [1.807, 2.05) is 24.3 Å². The molecule has 0 saturated carbocycles. The number of rotatable bonds is 5. The fourth-order valence-electron chi connectivity index (χ4n) is 2.70. The highest BCUT2D eigenvalue weighted by Crippen LogP contribution is 2.22. The highest BCUT2D eigenvalue weighted by atomic mass is 35.5. The van der Waals surface area contributed by atoms with Gasteiger partial charge in [-0.1, -0.05) is 30.7 Å². The topological polar surface area (TPSA) is 41.1 Å². The maximum Gasteiger partial charge on any atom is 0.220 e. The summed E-state index contributed by atoms with van der Waals surface area (Å²) in [5, 5.41) is 7.11. The molecule has 0 spiro atoms. The van der Waals surface area contributed by atoms with Crippen LogP contribution in [0, 0.1) is 11.8 Å². The highest BCUT2D eigenvalue weighted by Gasteiger charge is 2.21. The molecule has 3 nitrogen and oxygen atoms in total. The minimum absolute atomic E-state index is 0. The van der Waals surface area contributed by atoms with E-state index in [0.717, 1.165) is 23.7 Å². The quantitative estimate of drug-likeness (QED) is 0.868. The first-order valence-electron chi connectivity index (χ1n) is 7.37. The molecule has 1 saturated heterocycles. The summed E-state index contributed by atoms with van der Waals surface area (Å²) in [6.45, 7) is 4.92. The van der Waals surface area contributed by atoms with Crippen LogP contribution in [0.2, 0.25) is 5.02 Å². The summed E-state index contributed by atoms with van der Waals surface area (Å²) in [6.07, 6.45) is 3.07. The summed E-state index contributed by atoms with van der Waals surface area (Å²) in [5.41, 5.74) is 1.08. The third kappa shape index (κ3) is 6.25. The Morgan fingerprint density at radius 2 is 2.14 bits per heavy atom. The van der Waals surface area contributed by atoms with Crippen molar-refractivity contribution >= 4 is 29.9 Å². The van der Waals surface area contributed by atoms with Crippen molar-refractivity contribution in [3.05, 3.63) is 34.9 Å². The van der Waals surface area contributed by atoms with Gasteiger partial charge in [-0.3, -0.25) is 4.79 Å². The zero-order valence-corrected chi connectivity index (χ0v) is 14.0. The lowest BCUT2D eigenvalue weighted by molar-refractivity contribution is -0.122. The molecule has 5 heteroatoms. The van der Waals surface area contributed by atoms with Crippen LogP contribution in [0.5, 0.6) is 0 Å². The number of amides is 1. The Kier molecular flexibility index (Phi) is 8.09. The first-order valence-corrected chi connectivity index (χ1v) is 7.75. The summed E-state index contributed by atoms with van der Waals surface area (Å²) in [5.74, 6) is 1.20. The molecule has 1 heterocycles. The Labute approximate surface area is 138 Å². The Bertz CT molecular complexity index is 430. The van der Waals surface area contributed by atoms with E-state index in [1.54, 1.807) is 0 Å². The summed E-state index contributed by atoms with van der Waals surface area (Å²) < 4.78 is 0. The smallest absolute Gasteiger partial charge is 0.220 e. The van der Waals surface area contributed by atoms with Crippen molar-refractivity contribution in [2.45, 2.75) is 32.7 Å². The van der Waals surface area contributed by atoms with Gasteiger partial charge in [0, 0.05) is 18.0 Å². The van der Waals surface area contributed by atoms with Gasteiger partial charge in [0.05, 0.1) is 0 Å². The van der Waals surface area contributed by atoms with E-state index in [1.165, 1.54) is 12.8 Å². The first kappa shape index (κ1) is 18.3. The van der Waals surface area contributed by atoms with Crippen LogP contribution in [0.25, 0.3) is 0 Å². The fourth-order valence-corrected chi connectivity index (χ4v) is 2.82.